The Labute approximate surface area is 159 Å². The molecule has 0 spiro atoms. The molecule has 1 unspecified atom stereocenters. The van der Waals surface area contributed by atoms with Gasteiger partial charge in [0, 0.05) is 12.3 Å². The van der Waals surface area contributed by atoms with Crippen molar-refractivity contribution in [2.75, 3.05) is 14.2 Å². The van der Waals surface area contributed by atoms with Gasteiger partial charge in [0.05, 0.1) is 14.2 Å². The molecule has 4 heteroatoms. The van der Waals surface area contributed by atoms with Crippen molar-refractivity contribution in [2.45, 2.75) is 12.3 Å². The van der Waals surface area contributed by atoms with Crippen LogP contribution in [0.15, 0.2) is 66.7 Å². The van der Waals surface area contributed by atoms with Crippen molar-refractivity contribution in [1.82, 2.24) is 0 Å². The van der Waals surface area contributed by atoms with Gasteiger partial charge in [-0.3, -0.25) is 9.59 Å². The topological polar surface area (TPSA) is 52.6 Å². The Morgan fingerprint density at radius 1 is 1.00 bits per heavy atom. The van der Waals surface area contributed by atoms with Crippen molar-refractivity contribution in [3.8, 4) is 12.3 Å². The van der Waals surface area contributed by atoms with Crippen molar-refractivity contribution in [2.24, 2.45) is 5.41 Å². The standard InChI is InChI=1S/C23H22O4/c1-4-17-23(21(24)26-2,22(25)27-3)20(19-13-9-6-10-14-19)16-15-18-11-7-5-8-12-18/h1,5-16,20H,17H2,2-3H3/b16-15+. The Morgan fingerprint density at radius 2 is 1.52 bits per heavy atom. The van der Waals surface area contributed by atoms with Crippen LogP contribution in [-0.4, -0.2) is 26.2 Å². The molecule has 1 atom stereocenters. The minimum absolute atomic E-state index is 0.148. The maximum atomic E-state index is 12.8. The fourth-order valence-electron chi connectivity index (χ4n) is 3.11. The van der Waals surface area contributed by atoms with Crippen LogP contribution in [-0.2, 0) is 19.1 Å². The largest absolute Gasteiger partial charge is 0.468 e. The lowest BCUT2D eigenvalue weighted by Gasteiger charge is -2.33. The van der Waals surface area contributed by atoms with Crippen LogP contribution in [0.1, 0.15) is 23.5 Å². The van der Waals surface area contributed by atoms with Crippen molar-refractivity contribution < 1.29 is 19.1 Å². The molecule has 0 heterocycles. The molecule has 0 amide bonds. The van der Waals surface area contributed by atoms with E-state index >= 15 is 0 Å². The third kappa shape index (κ3) is 4.27. The average molecular weight is 362 g/mol. The van der Waals surface area contributed by atoms with Gasteiger partial charge in [0.25, 0.3) is 0 Å². The summed E-state index contributed by atoms with van der Waals surface area (Å²) in [4.78, 5) is 25.6. The maximum Gasteiger partial charge on any atom is 0.325 e. The van der Waals surface area contributed by atoms with Crippen molar-refractivity contribution in [3.63, 3.8) is 0 Å². The molecule has 0 aliphatic carbocycles. The number of carbonyl (C=O) groups excluding carboxylic acids is 2. The van der Waals surface area contributed by atoms with Gasteiger partial charge < -0.3 is 9.47 Å². The minimum atomic E-state index is -1.68. The molecule has 2 aromatic rings. The Balaban J connectivity index is 2.66. The van der Waals surface area contributed by atoms with Crippen LogP contribution in [0.4, 0.5) is 0 Å². The Hall–Kier alpha value is -3.32. The molecule has 27 heavy (non-hydrogen) atoms. The third-order valence-corrected chi connectivity index (χ3v) is 4.45. The quantitative estimate of drug-likeness (QED) is 0.427. The second-order valence-electron chi connectivity index (χ2n) is 5.99. The van der Waals surface area contributed by atoms with Gasteiger partial charge in [-0.05, 0) is 11.1 Å². The monoisotopic (exact) mass is 362 g/mol. The molecule has 0 bridgehead atoms. The molecular formula is C23H22O4. The molecule has 0 aliphatic heterocycles. The number of esters is 2. The second-order valence-corrected chi connectivity index (χ2v) is 5.99. The summed E-state index contributed by atoms with van der Waals surface area (Å²) in [7, 11) is 2.47. The van der Waals surface area contributed by atoms with Crippen LogP contribution in [0.25, 0.3) is 6.08 Å². The zero-order valence-electron chi connectivity index (χ0n) is 15.4. The van der Waals surface area contributed by atoms with Crippen molar-refractivity contribution in [3.05, 3.63) is 77.9 Å². The van der Waals surface area contributed by atoms with Crippen LogP contribution in [0.3, 0.4) is 0 Å². The number of benzene rings is 2. The summed E-state index contributed by atoms with van der Waals surface area (Å²) in [6.45, 7) is 0. The molecule has 138 valence electrons. The zero-order valence-corrected chi connectivity index (χ0v) is 15.4. The SMILES string of the molecule is C#CCC(C(=O)OC)(C(=O)OC)C(/C=C/c1ccccc1)c1ccccc1. The number of hydrogen-bond donors (Lipinski definition) is 0. The summed E-state index contributed by atoms with van der Waals surface area (Å²) >= 11 is 0. The predicted molar refractivity (Wildman–Crippen MR) is 105 cm³/mol. The first-order valence-electron chi connectivity index (χ1n) is 8.48. The van der Waals surface area contributed by atoms with Gasteiger partial charge in [-0.2, -0.15) is 0 Å². The third-order valence-electron chi connectivity index (χ3n) is 4.45. The molecule has 0 saturated heterocycles. The summed E-state index contributed by atoms with van der Waals surface area (Å²) in [6, 6.07) is 18.8. The van der Waals surface area contributed by atoms with E-state index in [9.17, 15) is 9.59 Å². The van der Waals surface area contributed by atoms with E-state index < -0.39 is 23.3 Å². The van der Waals surface area contributed by atoms with Gasteiger partial charge in [-0.15, -0.1) is 12.3 Å². The van der Waals surface area contributed by atoms with Crippen molar-refractivity contribution >= 4 is 18.0 Å². The first-order chi connectivity index (χ1) is 13.1. The average Bonchev–Trinajstić information content (AvgIpc) is 2.73. The number of allylic oxidation sites excluding steroid dienone is 1. The van der Waals surface area contributed by atoms with E-state index in [-0.39, 0.29) is 6.42 Å². The summed E-state index contributed by atoms with van der Waals surface area (Å²) in [5.74, 6) is 0.348. The molecule has 0 saturated carbocycles. The van der Waals surface area contributed by atoms with E-state index in [4.69, 9.17) is 15.9 Å². The highest BCUT2D eigenvalue weighted by Crippen LogP contribution is 2.43. The van der Waals surface area contributed by atoms with E-state index in [0.717, 1.165) is 11.1 Å². The summed E-state index contributed by atoms with van der Waals surface area (Å²) < 4.78 is 9.95. The first-order valence-corrected chi connectivity index (χ1v) is 8.48. The Morgan fingerprint density at radius 3 is 2.00 bits per heavy atom. The summed E-state index contributed by atoms with van der Waals surface area (Å²) in [5.41, 5.74) is 0.0173. The smallest absolute Gasteiger partial charge is 0.325 e. The maximum absolute atomic E-state index is 12.8. The normalized spacial score (nSPS) is 12.2. The lowest BCUT2D eigenvalue weighted by molar-refractivity contribution is -0.169. The summed E-state index contributed by atoms with van der Waals surface area (Å²) in [5, 5.41) is 0. The fourth-order valence-corrected chi connectivity index (χ4v) is 3.11. The zero-order chi connectivity index (χ0) is 19.7. The molecule has 4 nitrogen and oxygen atoms in total. The van der Waals surface area contributed by atoms with E-state index in [0.29, 0.717) is 0 Å². The highest BCUT2D eigenvalue weighted by Gasteiger charge is 2.53. The molecule has 0 aromatic heterocycles. The number of ether oxygens (including phenoxy) is 2. The van der Waals surface area contributed by atoms with E-state index in [2.05, 4.69) is 5.92 Å². The van der Waals surface area contributed by atoms with Gasteiger partial charge >= 0.3 is 11.9 Å². The van der Waals surface area contributed by atoms with Crippen LogP contribution < -0.4 is 0 Å². The number of terminal acetylenes is 1. The van der Waals surface area contributed by atoms with Crippen LogP contribution in [0, 0.1) is 17.8 Å². The number of carbonyl (C=O) groups is 2. The lowest BCUT2D eigenvalue weighted by Crippen LogP contribution is -2.45. The molecule has 0 radical (unpaired) electrons. The van der Waals surface area contributed by atoms with Gasteiger partial charge in [0.15, 0.2) is 5.41 Å². The predicted octanol–water partition coefficient (Wildman–Crippen LogP) is 3.84. The molecule has 0 fully saturated rings. The van der Waals surface area contributed by atoms with Gasteiger partial charge in [-0.1, -0.05) is 72.8 Å². The first kappa shape index (κ1) is 20.0. The molecule has 2 aromatic carbocycles. The molecular weight excluding hydrogens is 340 g/mol. The van der Waals surface area contributed by atoms with Crippen LogP contribution >= 0.6 is 0 Å². The highest BCUT2D eigenvalue weighted by atomic mass is 16.5. The second kappa shape index (κ2) is 9.40. The Bertz CT molecular complexity index is 816. The molecule has 2 rings (SSSR count). The van der Waals surface area contributed by atoms with Crippen molar-refractivity contribution in [1.29, 1.82) is 0 Å². The Kier molecular flexibility index (Phi) is 6.96. The number of methoxy groups -OCH3 is 2. The van der Waals surface area contributed by atoms with Gasteiger partial charge in [0.2, 0.25) is 0 Å². The molecule has 0 aliphatic rings. The minimum Gasteiger partial charge on any atom is -0.468 e. The van der Waals surface area contributed by atoms with Gasteiger partial charge in [-0.25, -0.2) is 0 Å². The van der Waals surface area contributed by atoms with Gasteiger partial charge in [0.1, 0.15) is 0 Å². The van der Waals surface area contributed by atoms with E-state index in [1.54, 1.807) is 6.08 Å². The van der Waals surface area contributed by atoms with Crippen LogP contribution in [0.5, 0.6) is 0 Å². The summed E-state index contributed by atoms with van der Waals surface area (Å²) in [6.07, 6.45) is 9.04. The number of hydrogen-bond acceptors (Lipinski definition) is 4. The number of rotatable bonds is 7. The lowest BCUT2D eigenvalue weighted by atomic mass is 9.69. The van der Waals surface area contributed by atoms with E-state index in [1.165, 1.54) is 14.2 Å². The van der Waals surface area contributed by atoms with E-state index in [1.807, 2.05) is 66.7 Å². The van der Waals surface area contributed by atoms with Crippen LogP contribution in [0.2, 0.25) is 0 Å². The fraction of sp³-hybridized carbons (Fsp3) is 0.217. The highest BCUT2D eigenvalue weighted by molar-refractivity contribution is 6.02. The molecule has 0 N–H and O–H groups in total.